The maximum absolute atomic E-state index is 12.7. The lowest BCUT2D eigenvalue weighted by Gasteiger charge is -2.20. The number of carbonyl (C=O) groups is 1. The Balaban J connectivity index is 1.56. The molecular weight excluding hydrogens is 366 g/mol. The molecule has 150 valence electrons. The van der Waals surface area contributed by atoms with Gasteiger partial charge in [-0.25, -0.2) is 0 Å². The third-order valence-electron chi connectivity index (χ3n) is 5.01. The number of aryl methyl sites for hydroxylation is 2. The number of amides is 1. The van der Waals surface area contributed by atoms with Gasteiger partial charge in [-0.1, -0.05) is 36.4 Å². The molecule has 0 aliphatic carbocycles. The smallest absolute Gasteiger partial charge is 0.287 e. The third kappa shape index (κ3) is 4.80. The summed E-state index contributed by atoms with van der Waals surface area (Å²) in [5.74, 6) is 2.30. The maximum Gasteiger partial charge on any atom is 0.287 e. The maximum atomic E-state index is 12.7. The summed E-state index contributed by atoms with van der Waals surface area (Å²) in [6.07, 6.45) is 2.46. The monoisotopic (exact) mass is 391 g/mol. The van der Waals surface area contributed by atoms with E-state index in [0.717, 1.165) is 36.3 Å². The Labute approximate surface area is 170 Å². The molecule has 4 rings (SSSR count). The number of hydrogen-bond acceptors (Lipinski definition) is 4. The normalized spacial score (nSPS) is 14.1. The number of ether oxygens (including phenoxy) is 2. The summed E-state index contributed by atoms with van der Waals surface area (Å²) in [5.41, 5.74) is 2.22. The van der Waals surface area contributed by atoms with E-state index in [1.807, 2.05) is 43.3 Å². The van der Waals surface area contributed by atoms with E-state index in [4.69, 9.17) is 13.9 Å². The first-order chi connectivity index (χ1) is 14.2. The van der Waals surface area contributed by atoms with Crippen molar-refractivity contribution in [3.8, 4) is 11.5 Å². The van der Waals surface area contributed by atoms with Crippen molar-refractivity contribution in [1.29, 1.82) is 0 Å². The molecule has 1 N–H and O–H groups in total. The van der Waals surface area contributed by atoms with Gasteiger partial charge in [-0.15, -0.1) is 0 Å². The van der Waals surface area contributed by atoms with Gasteiger partial charge in [0.25, 0.3) is 5.91 Å². The van der Waals surface area contributed by atoms with E-state index in [9.17, 15) is 4.79 Å². The summed E-state index contributed by atoms with van der Waals surface area (Å²) >= 11 is 0. The fourth-order valence-corrected chi connectivity index (χ4v) is 3.46. The van der Waals surface area contributed by atoms with Gasteiger partial charge in [0.05, 0.1) is 19.3 Å². The largest absolute Gasteiger partial charge is 0.490 e. The van der Waals surface area contributed by atoms with Crippen LogP contribution in [0.15, 0.2) is 65.1 Å². The second kappa shape index (κ2) is 8.86. The average molecular weight is 391 g/mol. The molecule has 1 aliphatic rings. The Morgan fingerprint density at radius 1 is 1.00 bits per heavy atom. The molecule has 0 saturated heterocycles. The van der Waals surface area contributed by atoms with E-state index in [-0.39, 0.29) is 11.9 Å². The van der Waals surface area contributed by atoms with Crippen LogP contribution in [0.1, 0.15) is 46.3 Å². The number of carbonyl (C=O) groups excluding carboxylic acids is 1. The Morgan fingerprint density at radius 3 is 2.55 bits per heavy atom. The van der Waals surface area contributed by atoms with Crippen LogP contribution >= 0.6 is 0 Å². The van der Waals surface area contributed by atoms with E-state index in [2.05, 4.69) is 17.4 Å². The van der Waals surface area contributed by atoms with Crippen LogP contribution in [0.2, 0.25) is 0 Å². The van der Waals surface area contributed by atoms with Crippen molar-refractivity contribution in [2.45, 2.75) is 32.2 Å². The lowest BCUT2D eigenvalue weighted by molar-refractivity contribution is 0.0905. The Hall–Kier alpha value is -3.21. The minimum absolute atomic E-state index is 0.176. The highest BCUT2D eigenvalue weighted by Gasteiger charge is 2.20. The Kier molecular flexibility index (Phi) is 5.84. The third-order valence-corrected chi connectivity index (χ3v) is 5.01. The molecule has 0 radical (unpaired) electrons. The van der Waals surface area contributed by atoms with Crippen LogP contribution in [0.25, 0.3) is 0 Å². The minimum Gasteiger partial charge on any atom is -0.490 e. The standard InChI is InChI=1S/C24H25NO4/c1-17-8-12-22(29-17)24(26)25-20(11-9-18-6-3-2-4-7-18)19-10-13-21-23(16-19)28-15-5-14-27-21/h2-4,6-8,10,12-13,16,20H,5,9,11,14-15H2,1H3,(H,25,26). The summed E-state index contributed by atoms with van der Waals surface area (Å²) in [6.45, 7) is 3.11. The van der Waals surface area contributed by atoms with Gasteiger partial charge in [-0.05, 0) is 55.2 Å². The van der Waals surface area contributed by atoms with Crippen molar-refractivity contribution in [2.75, 3.05) is 13.2 Å². The van der Waals surface area contributed by atoms with Crippen LogP contribution in [-0.2, 0) is 6.42 Å². The van der Waals surface area contributed by atoms with E-state index in [1.165, 1.54) is 5.56 Å². The van der Waals surface area contributed by atoms with Crippen LogP contribution in [-0.4, -0.2) is 19.1 Å². The lowest BCUT2D eigenvalue weighted by atomic mass is 9.98. The van der Waals surface area contributed by atoms with Gasteiger partial charge in [-0.3, -0.25) is 4.79 Å². The first-order valence-corrected chi connectivity index (χ1v) is 10.00. The van der Waals surface area contributed by atoms with E-state index < -0.39 is 0 Å². The summed E-state index contributed by atoms with van der Waals surface area (Å²) in [7, 11) is 0. The topological polar surface area (TPSA) is 60.7 Å². The molecule has 1 unspecified atom stereocenters. The molecule has 5 nitrogen and oxygen atoms in total. The molecule has 1 aliphatic heterocycles. The molecule has 1 atom stereocenters. The lowest BCUT2D eigenvalue weighted by Crippen LogP contribution is -2.28. The average Bonchev–Trinajstić information content (AvgIpc) is 3.05. The fraction of sp³-hybridized carbons (Fsp3) is 0.292. The van der Waals surface area contributed by atoms with Gasteiger partial charge in [0, 0.05) is 6.42 Å². The van der Waals surface area contributed by atoms with Gasteiger partial charge in [-0.2, -0.15) is 0 Å². The zero-order valence-corrected chi connectivity index (χ0v) is 16.5. The number of furan rings is 1. The molecule has 0 fully saturated rings. The molecule has 5 heteroatoms. The highest BCUT2D eigenvalue weighted by Crippen LogP contribution is 2.33. The predicted molar refractivity (Wildman–Crippen MR) is 110 cm³/mol. The van der Waals surface area contributed by atoms with Crippen molar-refractivity contribution in [3.05, 3.63) is 83.3 Å². The molecule has 0 spiro atoms. The van der Waals surface area contributed by atoms with Crippen molar-refractivity contribution in [3.63, 3.8) is 0 Å². The molecule has 29 heavy (non-hydrogen) atoms. The number of hydrogen-bond donors (Lipinski definition) is 1. The number of nitrogens with one attached hydrogen (secondary N) is 1. The van der Waals surface area contributed by atoms with E-state index in [1.54, 1.807) is 12.1 Å². The summed E-state index contributed by atoms with van der Waals surface area (Å²) < 4.78 is 17.1. The van der Waals surface area contributed by atoms with Crippen LogP contribution < -0.4 is 14.8 Å². The minimum atomic E-state index is -0.219. The second-order valence-electron chi connectivity index (χ2n) is 7.22. The Bertz CT molecular complexity index is 964. The molecule has 3 aromatic rings. The highest BCUT2D eigenvalue weighted by molar-refractivity contribution is 5.91. The fourth-order valence-electron chi connectivity index (χ4n) is 3.46. The van der Waals surface area contributed by atoms with Crippen molar-refractivity contribution >= 4 is 5.91 Å². The van der Waals surface area contributed by atoms with Gasteiger partial charge in [0.2, 0.25) is 0 Å². The SMILES string of the molecule is Cc1ccc(C(=O)NC(CCc2ccccc2)c2ccc3c(c2)OCCCO3)o1. The summed E-state index contributed by atoms with van der Waals surface area (Å²) in [6, 6.07) is 19.5. The summed E-state index contributed by atoms with van der Waals surface area (Å²) in [5, 5.41) is 3.13. The molecule has 1 amide bonds. The molecule has 0 saturated carbocycles. The van der Waals surface area contributed by atoms with Gasteiger partial charge in [0.1, 0.15) is 5.76 Å². The van der Waals surface area contributed by atoms with Crippen LogP contribution in [0.4, 0.5) is 0 Å². The highest BCUT2D eigenvalue weighted by atomic mass is 16.5. The van der Waals surface area contributed by atoms with Crippen molar-refractivity contribution in [1.82, 2.24) is 5.32 Å². The first-order valence-electron chi connectivity index (χ1n) is 10.00. The van der Waals surface area contributed by atoms with Crippen LogP contribution in [0.3, 0.4) is 0 Å². The molecule has 2 aromatic carbocycles. The summed E-state index contributed by atoms with van der Waals surface area (Å²) in [4.78, 5) is 12.7. The number of fused-ring (bicyclic) bond motifs is 1. The zero-order valence-electron chi connectivity index (χ0n) is 16.5. The predicted octanol–water partition coefficient (Wildman–Crippen LogP) is 4.85. The molecular formula is C24H25NO4. The first kappa shape index (κ1) is 19.1. The second-order valence-corrected chi connectivity index (χ2v) is 7.22. The van der Waals surface area contributed by atoms with Gasteiger partial charge in [0.15, 0.2) is 17.3 Å². The van der Waals surface area contributed by atoms with Crippen molar-refractivity contribution < 1.29 is 18.7 Å². The quantitative estimate of drug-likeness (QED) is 0.652. The molecule has 1 aromatic heterocycles. The van der Waals surface area contributed by atoms with Crippen molar-refractivity contribution in [2.24, 2.45) is 0 Å². The van der Waals surface area contributed by atoms with Gasteiger partial charge < -0.3 is 19.2 Å². The zero-order chi connectivity index (χ0) is 20.1. The number of rotatable bonds is 6. The number of benzene rings is 2. The van der Waals surface area contributed by atoms with E-state index in [0.29, 0.717) is 24.7 Å². The van der Waals surface area contributed by atoms with Crippen LogP contribution in [0, 0.1) is 6.92 Å². The molecule has 2 heterocycles. The van der Waals surface area contributed by atoms with E-state index >= 15 is 0 Å². The Morgan fingerprint density at radius 2 is 1.79 bits per heavy atom. The van der Waals surface area contributed by atoms with Gasteiger partial charge >= 0.3 is 0 Å². The molecule has 0 bridgehead atoms. The van der Waals surface area contributed by atoms with Crippen LogP contribution in [0.5, 0.6) is 11.5 Å².